The van der Waals surface area contributed by atoms with Gasteiger partial charge in [-0.1, -0.05) is 23.7 Å². The number of carbonyl (C=O) groups is 1. The lowest BCUT2D eigenvalue weighted by atomic mass is 9.97. The summed E-state index contributed by atoms with van der Waals surface area (Å²) in [5, 5.41) is 17.8. The van der Waals surface area contributed by atoms with Crippen LogP contribution < -0.4 is 0 Å². The van der Waals surface area contributed by atoms with E-state index in [1.54, 1.807) is 24.3 Å². The van der Waals surface area contributed by atoms with Crippen LogP contribution in [0.2, 0.25) is 5.02 Å². The molecule has 0 unspecified atom stereocenters. The highest BCUT2D eigenvalue weighted by molar-refractivity contribution is 6.30. The van der Waals surface area contributed by atoms with Gasteiger partial charge in [-0.15, -0.1) is 0 Å². The number of halogens is 1. The number of hydrogen-bond donors (Lipinski definition) is 1. The van der Waals surface area contributed by atoms with Crippen molar-refractivity contribution in [3.63, 3.8) is 0 Å². The van der Waals surface area contributed by atoms with E-state index in [0.717, 1.165) is 0 Å². The van der Waals surface area contributed by atoms with Gasteiger partial charge >= 0.3 is 5.97 Å². The predicted octanol–water partition coefficient (Wildman–Crippen LogP) is 2.42. The molecule has 0 saturated heterocycles. The lowest BCUT2D eigenvalue weighted by Gasteiger charge is -2.06. The minimum Gasteiger partial charge on any atom is -0.481 e. The second-order valence-corrected chi connectivity index (χ2v) is 3.27. The van der Waals surface area contributed by atoms with Gasteiger partial charge in [0, 0.05) is 5.02 Å². The quantitative estimate of drug-likeness (QED) is 0.832. The third-order valence-corrected chi connectivity index (χ3v) is 2.02. The van der Waals surface area contributed by atoms with E-state index in [-0.39, 0.29) is 6.42 Å². The molecular weight excluding hydrogens is 202 g/mol. The molecule has 1 rings (SSSR count). The van der Waals surface area contributed by atoms with Crippen molar-refractivity contribution in [1.29, 1.82) is 5.26 Å². The molecule has 0 amide bonds. The lowest BCUT2D eigenvalue weighted by Crippen LogP contribution is -2.04. The highest BCUT2D eigenvalue weighted by atomic mass is 35.5. The first-order valence-corrected chi connectivity index (χ1v) is 4.38. The average Bonchev–Trinajstić information content (AvgIpc) is 2.14. The third-order valence-electron chi connectivity index (χ3n) is 1.79. The van der Waals surface area contributed by atoms with Crippen LogP contribution in [-0.2, 0) is 4.79 Å². The molecular formula is C10H8ClNO2. The topological polar surface area (TPSA) is 61.1 Å². The van der Waals surface area contributed by atoms with Gasteiger partial charge in [0.1, 0.15) is 0 Å². The van der Waals surface area contributed by atoms with E-state index < -0.39 is 11.9 Å². The maximum Gasteiger partial charge on any atom is 0.305 e. The Morgan fingerprint density at radius 1 is 1.64 bits per heavy atom. The summed E-state index contributed by atoms with van der Waals surface area (Å²) in [6.45, 7) is 0. The second-order valence-electron chi connectivity index (χ2n) is 2.83. The van der Waals surface area contributed by atoms with Crippen LogP contribution in [0.15, 0.2) is 24.3 Å². The number of carboxylic acid groups (broad SMARTS) is 1. The molecule has 4 heteroatoms. The van der Waals surface area contributed by atoms with Crippen LogP contribution in [0.1, 0.15) is 17.9 Å². The Kier molecular flexibility index (Phi) is 3.49. The molecule has 0 spiro atoms. The number of nitriles is 1. The summed E-state index contributed by atoms with van der Waals surface area (Å²) >= 11 is 5.73. The van der Waals surface area contributed by atoms with Crippen LogP contribution in [0.3, 0.4) is 0 Å². The van der Waals surface area contributed by atoms with Crippen LogP contribution >= 0.6 is 11.6 Å². The molecule has 1 atom stereocenters. The Hall–Kier alpha value is -1.53. The van der Waals surface area contributed by atoms with Crippen molar-refractivity contribution in [2.45, 2.75) is 12.3 Å². The van der Waals surface area contributed by atoms with E-state index in [9.17, 15) is 4.79 Å². The van der Waals surface area contributed by atoms with Crippen molar-refractivity contribution in [1.82, 2.24) is 0 Å². The number of carboxylic acids is 1. The van der Waals surface area contributed by atoms with Gasteiger partial charge in [0.15, 0.2) is 0 Å². The van der Waals surface area contributed by atoms with Crippen molar-refractivity contribution >= 4 is 17.6 Å². The van der Waals surface area contributed by atoms with Gasteiger partial charge < -0.3 is 5.11 Å². The largest absolute Gasteiger partial charge is 0.481 e. The minimum atomic E-state index is -0.989. The van der Waals surface area contributed by atoms with Crippen LogP contribution in [-0.4, -0.2) is 11.1 Å². The summed E-state index contributed by atoms with van der Waals surface area (Å²) in [6.07, 6.45) is -0.198. The zero-order chi connectivity index (χ0) is 10.6. The molecule has 0 aliphatic rings. The van der Waals surface area contributed by atoms with Gasteiger partial charge in [-0.3, -0.25) is 4.79 Å². The molecule has 0 heterocycles. The van der Waals surface area contributed by atoms with Gasteiger partial charge in [-0.25, -0.2) is 0 Å². The second kappa shape index (κ2) is 4.64. The first-order valence-electron chi connectivity index (χ1n) is 4.00. The maximum atomic E-state index is 10.4. The van der Waals surface area contributed by atoms with Crippen molar-refractivity contribution < 1.29 is 9.90 Å². The van der Waals surface area contributed by atoms with Gasteiger partial charge in [0.05, 0.1) is 18.4 Å². The highest BCUT2D eigenvalue weighted by Crippen LogP contribution is 2.21. The highest BCUT2D eigenvalue weighted by Gasteiger charge is 2.14. The molecule has 1 aromatic rings. The molecule has 0 aliphatic carbocycles. The molecule has 0 aromatic heterocycles. The summed E-state index contributed by atoms with van der Waals surface area (Å²) < 4.78 is 0. The molecule has 0 bridgehead atoms. The Morgan fingerprint density at radius 2 is 2.36 bits per heavy atom. The van der Waals surface area contributed by atoms with Gasteiger partial charge in [0.2, 0.25) is 0 Å². The van der Waals surface area contributed by atoms with Gasteiger partial charge in [0.25, 0.3) is 0 Å². The Labute approximate surface area is 86.5 Å². The van der Waals surface area contributed by atoms with E-state index in [4.69, 9.17) is 22.0 Å². The SMILES string of the molecule is N#C[C@H](CC(=O)O)c1cccc(Cl)c1. The third kappa shape index (κ3) is 2.75. The molecule has 14 heavy (non-hydrogen) atoms. The summed E-state index contributed by atoms with van der Waals surface area (Å²) in [5.41, 5.74) is 0.641. The standard InChI is InChI=1S/C10H8ClNO2/c11-9-3-1-2-7(4-9)8(6-12)5-10(13)14/h1-4,8H,5H2,(H,13,14)/t8-/m0/s1. The summed E-state index contributed by atoms with van der Waals surface area (Å²) in [7, 11) is 0. The fraction of sp³-hybridized carbons (Fsp3) is 0.200. The molecule has 0 radical (unpaired) electrons. The van der Waals surface area contributed by atoms with Crippen molar-refractivity contribution in [3.8, 4) is 6.07 Å². The summed E-state index contributed by atoms with van der Waals surface area (Å²) in [4.78, 5) is 10.4. The molecule has 72 valence electrons. The van der Waals surface area contributed by atoms with E-state index in [1.165, 1.54) is 0 Å². The number of benzene rings is 1. The molecule has 1 N–H and O–H groups in total. The first-order chi connectivity index (χ1) is 6.63. The molecule has 1 aromatic carbocycles. The average molecular weight is 210 g/mol. The molecule has 0 aliphatic heterocycles. The maximum absolute atomic E-state index is 10.4. The van der Waals surface area contributed by atoms with Crippen molar-refractivity contribution in [3.05, 3.63) is 34.9 Å². The lowest BCUT2D eigenvalue weighted by molar-refractivity contribution is -0.137. The molecule has 0 saturated carbocycles. The van der Waals surface area contributed by atoms with Gasteiger partial charge in [-0.2, -0.15) is 5.26 Å². The van der Waals surface area contributed by atoms with Crippen molar-refractivity contribution in [2.24, 2.45) is 0 Å². The van der Waals surface area contributed by atoms with Crippen molar-refractivity contribution in [2.75, 3.05) is 0 Å². The van der Waals surface area contributed by atoms with Crippen LogP contribution in [0.25, 0.3) is 0 Å². The fourth-order valence-electron chi connectivity index (χ4n) is 1.14. The zero-order valence-corrected chi connectivity index (χ0v) is 8.03. The first kappa shape index (κ1) is 10.6. The van der Waals surface area contributed by atoms with Crippen LogP contribution in [0.4, 0.5) is 0 Å². The monoisotopic (exact) mass is 209 g/mol. The predicted molar refractivity (Wildman–Crippen MR) is 52.1 cm³/mol. The van der Waals surface area contributed by atoms with E-state index in [1.807, 2.05) is 6.07 Å². The Balaban J connectivity index is 2.90. The normalized spacial score (nSPS) is 11.7. The number of rotatable bonds is 3. The van der Waals surface area contributed by atoms with Gasteiger partial charge in [-0.05, 0) is 17.7 Å². The summed E-state index contributed by atoms with van der Waals surface area (Å²) in [5.74, 6) is -1.62. The number of aliphatic carboxylic acids is 1. The summed E-state index contributed by atoms with van der Waals surface area (Å²) in [6, 6.07) is 8.62. The Morgan fingerprint density at radius 3 is 2.86 bits per heavy atom. The number of hydrogen-bond acceptors (Lipinski definition) is 2. The Bertz CT molecular complexity index is 384. The fourth-order valence-corrected chi connectivity index (χ4v) is 1.33. The van der Waals surface area contributed by atoms with Crippen LogP contribution in [0, 0.1) is 11.3 Å². The minimum absolute atomic E-state index is 0.198. The van der Waals surface area contributed by atoms with E-state index >= 15 is 0 Å². The van der Waals surface area contributed by atoms with E-state index in [0.29, 0.717) is 10.6 Å². The zero-order valence-electron chi connectivity index (χ0n) is 7.27. The number of nitrogens with zero attached hydrogens (tertiary/aromatic N) is 1. The molecule has 3 nitrogen and oxygen atoms in total. The smallest absolute Gasteiger partial charge is 0.305 e. The molecule has 0 fully saturated rings. The van der Waals surface area contributed by atoms with Crippen LogP contribution in [0.5, 0.6) is 0 Å². The van der Waals surface area contributed by atoms with E-state index in [2.05, 4.69) is 0 Å².